The van der Waals surface area contributed by atoms with Crippen LogP contribution in [0, 0.1) is 0 Å². The van der Waals surface area contributed by atoms with Gasteiger partial charge in [0.1, 0.15) is 11.5 Å². The third kappa shape index (κ3) is 6.52. The third-order valence-corrected chi connectivity index (χ3v) is 14.8. The maximum Gasteiger partial charge on any atom is 0.132 e. The molecule has 14 rings (SSSR count). The number of para-hydroxylation sites is 4. The van der Waals surface area contributed by atoms with Crippen molar-refractivity contribution in [2.24, 2.45) is 0 Å². The molecule has 0 aromatic heterocycles. The van der Waals surface area contributed by atoms with Gasteiger partial charge in [0.05, 0.1) is 11.1 Å². The minimum Gasteiger partial charge on any atom is -0.457 e. The molecule has 1 spiro atoms. The number of ether oxygens (including phenoxy) is 1. The monoisotopic (exact) mass is 918 g/mol. The first-order valence-electron chi connectivity index (χ1n) is 24.7. The second-order valence-electron chi connectivity index (χ2n) is 18.8. The van der Waals surface area contributed by atoms with Crippen LogP contribution in [0.15, 0.2) is 279 Å². The van der Waals surface area contributed by atoms with Gasteiger partial charge in [-0.05, 0) is 140 Å². The number of fused-ring (bicyclic) bond motifs is 13. The van der Waals surface area contributed by atoms with E-state index in [2.05, 4.69) is 289 Å². The molecule has 0 N–H and O–H groups in total. The van der Waals surface area contributed by atoms with Crippen molar-refractivity contribution in [2.45, 2.75) is 5.41 Å². The van der Waals surface area contributed by atoms with Crippen molar-refractivity contribution in [3.8, 4) is 44.9 Å². The molecule has 0 saturated carbocycles. The fourth-order valence-corrected chi connectivity index (χ4v) is 11.8. The highest BCUT2D eigenvalue weighted by Gasteiger charge is 2.52. The van der Waals surface area contributed by atoms with E-state index in [4.69, 9.17) is 4.74 Å². The lowest BCUT2D eigenvalue weighted by Crippen LogP contribution is -2.32. The van der Waals surface area contributed by atoms with Crippen molar-refractivity contribution >= 4 is 55.7 Å². The minimum atomic E-state index is -0.797. The zero-order valence-corrected chi connectivity index (χ0v) is 39.4. The molecular weight excluding hydrogens is 873 g/mol. The molecule has 1 heterocycles. The van der Waals surface area contributed by atoms with E-state index >= 15 is 0 Å². The first kappa shape index (κ1) is 41.5. The Bertz CT molecular complexity index is 3970. The zero-order chi connectivity index (χ0) is 47.6. The van der Waals surface area contributed by atoms with Crippen LogP contribution in [-0.4, -0.2) is 0 Å². The lowest BCUT2D eigenvalue weighted by Gasteiger charge is -2.40. The Morgan fingerprint density at radius 3 is 1.40 bits per heavy atom. The largest absolute Gasteiger partial charge is 0.457 e. The highest BCUT2D eigenvalue weighted by atomic mass is 16.5. The number of nitrogens with zero attached hydrogens (tertiary/aromatic N) is 2. The molecule has 0 bridgehead atoms. The van der Waals surface area contributed by atoms with E-state index in [9.17, 15) is 0 Å². The fourth-order valence-electron chi connectivity index (χ4n) is 11.8. The first-order chi connectivity index (χ1) is 35.7. The van der Waals surface area contributed by atoms with Crippen molar-refractivity contribution in [1.29, 1.82) is 0 Å². The van der Waals surface area contributed by atoms with E-state index in [0.717, 1.165) is 67.9 Å². The average Bonchev–Trinajstić information content (AvgIpc) is 3.73. The van der Waals surface area contributed by atoms with Crippen LogP contribution in [0.25, 0.3) is 54.9 Å². The first-order valence-corrected chi connectivity index (χ1v) is 24.7. The summed E-state index contributed by atoms with van der Waals surface area (Å²) >= 11 is 0. The fraction of sp³-hybridized carbons (Fsp3) is 0.0145. The van der Waals surface area contributed by atoms with Crippen molar-refractivity contribution in [3.63, 3.8) is 0 Å². The van der Waals surface area contributed by atoms with Gasteiger partial charge in [-0.3, -0.25) is 0 Å². The lowest BCUT2D eigenvalue weighted by atomic mass is 9.65. The van der Waals surface area contributed by atoms with E-state index in [-0.39, 0.29) is 0 Å². The highest BCUT2D eigenvalue weighted by Crippen LogP contribution is 2.65. The van der Waals surface area contributed by atoms with Crippen LogP contribution in [0.2, 0.25) is 0 Å². The van der Waals surface area contributed by atoms with Crippen LogP contribution in [-0.2, 0) is 5.41 Å². The van der Waals surface area contributed by atoms with Gasteiger partial charge in [0.2, 0.25) is 0 Å². The normalized spacial score (nSPS) is 12.7. The van der Waals surface area contributed by atoms with Crippen molar-refractivity contribution in [2.75, 3.05) is 9.80 Å². The molecule has 1 aliphatic heterocycles. The molecule has 2 aliphatic rings. The Hall–Kier alpha value is -9.44. The van der Waals surface area contributed by atoms with Gasteiger partial charge in [0, 0.05) is 45.0 Å². The molecule has 3 heteroatoms. The molecule has 12 aromatic carbocycles. The molecule has 0 unspecified atom stereocenters. The van der Waals surface area contributed by atoms with Crippen LogP contribution >= 0.6 is 0 Å². The second-order valence-corrected chi connectivity index (χ2v) is 18.8. The molecule has 0 radical (unpaired) electrons. The Kier molecular flexibility index (Phi) is 9.75. The lowest BCUT2D eigenvalue weighted by molar-refractivity contribution is 0.436. The zero-order valence-electron chi connectivity index (χ0n) is 39.4. The topological polar surface area (TPSA) is 15.7 Å². The summed E-state index contributed by atoms with van der Waals surface area (Å²) in [7, 11) is 0. The molecule has 3 nitrogen and oxygen atoms in total. The molecule has 1 aliphatic carbocycles. The second kappa shape index (κ2) is 16.9. The maximum absolute atomic E-state index is 6.97. The molecule has 0 amide bonds. The molecule has 72 heavy (non-hydrogen) atoms. The third-order valence-electron chi connectivity index (χ3n) is 14.8. The van der Waals surface area contributed by atoms with Crippen LogP contribution in [0.1, 0.15) is 22.3 Å². The molecule has 0 atom stereocenters. The highest BCUT2D eigenvalue weighted by molar-refractivity contribution is 6.21. The van der Waals surface area contributed by atoms with Gasteiger partial charge in [0.15, 0.2) is 0 Å². The van der Waals surface area contributed by atoms with Crippen molar-refractivity contribution in [1.82, 2.24) is 0 Å². The summed E-state index contributed by atoms with van der Waals surface area (Å²) < 4.78 is 6.97. The summed E-state index contributed by atoms with van der Waals surface area (Å²) in [6, 6.07) is 102. The standard InChI is InChI=1S/C69H46N2O/c1-5-21-47(22-6-1)50-26-19-32-54(43-50)70(52-28-9-3-10-29-52)56-40-42-58-62(45-56)69(60-35-15-17-37-65(60)72-66-38-18-16-36-61(66)69)63-46-64(59-41-39-49-25-13-14-34-57(49)67(59)68(58)63)71(53-30-11-4-12-31-53)55-33-20-27-51(44-55)48-23-7-2-8-24-48/h1-46H. The number of hydrogen-bond acceptors (Lipinski definition) is 3. The van der Waals surface area contributed by atoms with Gasteiger partial charge in [-0.2, -0.15) is 0 Å². The minimum absolute atomic E-state index is 0.797. The van der Waals surface area contributed by atoms with Gasteiger partial charge in [0.25, 0.3) is 0 Å². The SMILES string of the molecule is c1ccc(-c2cccc(N(c3ccccc3)c3ccc4c(c3)C3(c5ccccc5Oc5ccccc53)c3cc(N(c5ccccc5)c5cccc(-c6ccccc6)c5)c5ccc6ccccc6c5c3-4)c2)cc1. The molecule has 0 saturated heterocycles. The number of anilines is 6. The van der Waals surface area contributed by atoms with Crippen LogP contribution < -0.4 is 14.5 Å². The van der Waals surface area contributed by atoms with Crippen molar-refractivity contribution < 1.29 is 4.74 Å². The average molecular weight is 919 g/mol. The number of hydrogen-bond donors (Lipinski definition) is 0. The smallest absolute Gasteiger partial charge is 0.132 e. The molecule has 0 fully saturated rings. The van der Waals surface area contributed by atoms with Crippen LogP contribution in [0.4, 0.5) is 34.1 Å². The van der Waals surface area contributed by atoms with Gasteiger partial charge < -0.3 is 14.5 Å². The van der Waals surface area contributed by atoms with E-state index in [0.29, 0.717) is 0 Å². The quantitative estimate of drug-likeness (QED) is 0.141. The maximum atomic E-state index is 6.97. The summed E-state index contributed by atoms with van der Waals surface area (Å²) in [5.74, 6) is 1.71. The predicted molar refractivity (Wildman–Crippen MR) is 299 cm³/mol. The summed E-state index contributed by atoms with van der Waals surface area (Å²) in [6.45, 7) is 0. The van der Waals surface area contributed by atoms with Crippen LogP contribution in [0.5, 0.6) is 11.5 Å². The number of benzene rings is 12. The summed E-state index contributed by atoms with van der Waals surface area (Å²) in [5, 5.41) is 4.81. The number of rotatable bonds is 8. The van der Waals surface area contributed by atoms with Gasteiger partial charge in [-0.1, -0.05) is 200 Å². The van der Waals surface area contributed by atoms with E-state index in [1.807, 2.05) is 0 Å². The van der Waals surface area contributed by atoms with Gasteiger partial charge in [-0.25, -0.2) is 0 Å². The summed E-state index contributed by atoms with van der Waals surface area (Å²) in [4.78, 5) is 4.89. The Labute approximate surface area is 419 Å². The van der Waals surface area contributed by atoms with Crippen molar-refractivity contribution in [3.05, 3.63) is 301 Å². The van der Waals surface area contributed by atoms with Crippen LogP contribution in [0.3, 0.4) is 0 Å². The van der Waals surface area contributed by atoms with Gasteiger partial charge in [-0.15, -0.1) is 0 Å². The Balaban J connectivity index is 1.11. The van der Waals surface area contributed by atoms with E-state index < -0.39 is 5.41 Å². The van der Waals surface area contributed by atoms with E-state index in [1.54, 1.807) is 0 Å². The molecule has 338 valence electrons. The Morgan fingerprint density at radius 1 is 0.292 bits per heavy atom. The predicted octanol–water partition coefficient (Wildman–Crippen LogP) is 18.7. The van der Waals surface area contributed by atoms with E-state index in [1.165, 1.54) is 54.9 Å². The summed E-state index contributed by atoms with van der Waals surface area (Å²) in [5.41, 5.74) is 17.4. The molecule has 12 aromatic rings. The summed E-state index contributed by atoms with van der Waals surface area (Å²) in [6.07, 6.45) is 0. The van der Waals surface area contributed by atoms with Gasteiger partial charge >= 0.3 is 0 Å². The molecular formula is C69H46N2O. The Morgan fingerprint density at radius 2 is 0.778 bits per heavy atom.